The molecule has 0 saturated heterocycles. The van der Waals surface area contributed by atoms with Crippen molar-refractivity contribution in [2.45, 2.75) is 64.3 Å². The van der Waals surface area contributed by atoms with Gasteiger partial charge in [-0.05, 0) is 43.2 Å². The van der Waals surface area contributed by atoms with E-state index in [-0.39, 0.29) is 36.1 Å². The molecular formula is C28H34N4O3. The molecule has 0 fully saturated rings. The molecule has 5 unspecified atom stereocenters. The van der Waals surface area contributed by atoms with Gasteiger partial charge >= 0.3 is 0 Å². The van der Waals surface area contributed by atoms with Gasteiger partial charge in [0.1, 0.15) is 11.5 Å². The normalized spacial score (nSPS) is 27.6. The molecule has 3 aliphatic heterocycles. The average molecular weight is 475 g/mol. The van der Waals surface area contributed by atoms with Crippen molar-refractivity contribution < 1.29 is 14.3 Å². The van der Waals surface area contributed by atoms with Gasteiger partial charge in [0.05, 0.1) is 30.8 Å². The lowest BCUT2D eigenvalue weighted by atomic mass is 9.90. The van der Waals surface area contributed by atoms with Crippen LogP contribution >= 0.6 is 0 Å². The molecule has 0 bridgehead atoms. The number of ether oxygens (including phenoxy) is 2. The summed E-state index contributed by atoms with van der Waals surface area (Å²) in [4.78, 5) is 19.4. The van der Waals surface area contributed by atoms with Crippen LogP contribution in [0.1, 0.15) is 68.8 Å². The minimum atomic E-state index is -0.224. The summed E-state index contributed by atoms with van der Waals surface area (Å²) in [6.07, 6.45) is 1.79. The quantitative estimate of drug-likeness (QED) is 0.663. The van der Waals surface area contributed by atoms with Crippen LogP contribution in [0.2, 0.25) is 0 Å². The Bertz CT molecular complexity index is 1180. The minimum absolute atomic E-state index is 0.0180. The van der Waals surface area contributed by atoms with Crippen LogP contribution in [0.15, 0.2) is 54.0 Å². The van der Waals surface area contributed by atoms with Crippen molar-refractivity contribution in [3.05, 3.63) is 65.7 Å². The Morgan fingerprint density at radius 3 is 2.77 bits per heavy atom. The van der Waals surface area contributed by atoms with Crippen molar-refractivity contribution >= 4 is 17.6 Å². The second-order valence-corrected chi connectivity index (χ2v) is 9.88. The van der Waals surface area contributed by atoms with E-state index in [9.17, 15) is 4.79 Å². The minimum Gasteiger partial charge on any atom is -0.493 e. The zero-order valence-electron chi connectivity index (χ0n) is 20.7. The lowest BCUT2D eigenvalue weighted by molar-refractivity contribution is -0.131. The number of hydrogen-bond acceptors (Lipinski definition) is 6. The number of fused-ring (bicyclic) bond motifs is 2. The molecule has 184 valence electrons. The van der Waals surface area contributed by atoms with Gasteiger partial charge in [-0.2, -0.15) is 0 Å². The first-order valence-corrected chi connectivity index (χ1v) is 12.5. The van der Waals surface area contributed by atoms with Gasteiger partial charge < -0.3 is 20.5 Å². The first-order chi connectivity index (χ1) is 16.9. The van der Waals surface area contributed by atoms with E-state index < -0.39 is 0 Å². The van der Waals surface area contributed by atoms with Crippen molar-refractivity contribution in [1.82, 2.24) is 10.2 Å². The number of hydrogen-bond donors (Lipinski definition) is 2. The number of rotatable bonds is 5. The number of amides is 1. The predicted molar refractivity (Wildman–Crippen MR) is 137 cm³/mol. The van der Waals surface area contributed by atoms with Crippen LogP contribution in [-0.4, -0.2) is 35.5 Å². The van der Waals surface area contributed by atoms with Crippen molar-refractivity contribution in [2.24, 2.45) is 16.6 Å². The zero-order valence-corrected chi connectivity index (χ0v) is 20.7. The molecule has 5 atom stereocenters. The molecular weight excluding hydrogens is 440 g/mol. The van der Waals surface area contributed by atoms with E-state index in [4.69, 9.17) is 15.2 Å². The number of carbonyl (C=O) groups excluding carboxylic acids is 1. The van der Waals surface area contributed by atoms with Gasteiger partial charge in [-0.25, -0.2) is 4.99 Å². The van der Waals surface area contributed by atoms with Crippen LogP contribution in [0.25, 0.3) is 5.70 Å². The Morgan fingerprint density at radius 2 is 2.00 bits per heavy atom. The van der Waals surface area contributed by atoms with Gasteiger partial charge in [0, 0.05) is 35.6 Å². The molecule has 2 aromatic rings. The number of benzene rings is 2. The summed E-state index contributed by atoms with van der Waals surface area (Å²) in [5, 5.41) is 3.64. The standard InChI is InChI=1S/C28H34N4O3/c1-5-20-14-26(33)32(28(29)31-20)23-12-17(3)35-25-11-10-19(13-22(23)25)18(4)30-27-16(2)15-34-24-9-7-6-8-21(24)27/h6-11,13,16-17,20,23,27,30H,4-5,12,14-15H2,1-3H3,(H2,29,31). The van der Waals surface area contributed by atoms with E-state index in [1.165, 1.54) is 0 Å². The third kappa shape index (κ3) is 4.35. The van der Waals surface area contributed by atoms with Crippen LogP contribution in [0.3, 0.4) is 0 Å². The van der Waals surface area contributed by atoms with Gasteiger partial charge in [0.2, 0.25) is 5.91 Å². The fourth-order valence-corrected chi connectivity index (χ4v) is 5.33. The van der Waals surface area contributed by atoms with E-state index in [0.29, 0.717) is 25.4 Å². The lowest BCUT2D eigenvalue weighted by Crippen LogP contribution is -2.50. The maximum Gasteiger partial charge on any atom is 0.232 e. The summed E-state index contributed by atoms with van der Waals surface area (Å²) in [7, 11) is 0. The van der Waals surface area contributed by atoms with Crippen LogP contribution in [0.4, 0.5) is 0 Å². The second-order valence-electron chi connectivity index (χ2n) is 9.88. The third-order valence-electron chi connectivity index (χ3n) is 7.28. The summed E-state index contributed by atoms with van der Waals surface area (Å²) in [5.74, 6) is 2.28. The first-order valence-electron chi connectivity index (χ1n) is 12.5. The van der Waals surface area contributed by atoms with Gasteiger partial charge in [-0.15, -0.1) is 0 Å². The van der Waals surface area contributed by atoms with Crippen LogP contribution < -0.4 is 20.5 Å². The number of carbonyl (C=O) groups is 1. The van der Waals surface area contributed by atoms with Crippen LogP contribution in [0, 0.1) is 5.92 Å². The highest BCUT2D eigenvalue weighted by molar-refractivity contribution is 5.99. The highest BCUT2D eigenvalue weighted by atomic mass is 16.5. The van der Waals surface area contributed by atoms with E-state index in [1.807, 2.05) is 44.2 Å². The van der Waals surface area contributed by atoms with Crippen LogP contribution in [0.5, 0.6) is 11.5 Å². The first kappa shape index (κ1) is 23.3. The molecule has 0 saturated carbocycles. The third-order valence-corrected chi connectivity index (χ3v) is 7.28. The molecule has 3 aliphatic rings. The molecule has 3 N–H and O–H groups in total. The Hall–Kier alpha value is -3.48. The zero-order chi connectivity index (χ0) is 24.7. The summed E-state index contributed by atoms with van der Waals surface area (Å²) in [6, 6.07) is 14.0. The number of aliphatic imine (C=N–C) groups is 1. The molecule has 0 aliphatic carbocycles. The van der Waals surface area contributed by atoms with E-state index in [1.54, 1.807) is 4.90 Å². The highest BCUT2D eigenvalue weighted by Gasteiger charge is 2.38. The largest absolute Gasteiger partial charge is 0.493 e. The molecule has 35 heavy (non-hydrogen) atoms. The summed E-state index contributed by atoms with van der Waals surface area (Å²) >= 11 is 0. The molecule has 7 nitrogen and oxygen atoms in total. The average Bonchev–Trinajstić information content (AvgIpc) is 2.84. The Labute approximate surface area is 207 Å². The monoisotopic (exact) mass is 474 g/mol. The maximum atomic E-state index is 13.1. The fraction of sp³-hybridized carbons (Fsp3) is 0.429. The number of nitrogens with two attached hydrogens (primary N) is 1. The molecule has 2 aromatic carbocycles. The SMILES string of the molecule is C=C(NC1c2ccccc2OCC1C)c1ccc2c(c1)C(N1C(=O)CC(CC)N=C1N)CC(C)O2. The molecule has 3 heterocycles. The number of para-hydroxylation sites is 1. The Morgan fingerprint density at radius 1 is 1.20 bits per heavy atom. The van der Waals surface area contributed by atoms with Gasteiger partial charge in [-0.1, -0.05) is 38.6 Å². The van der Waals surface area contributed by atoms with E-state index in [2.05, 4.69) is 35.9 Å². The van der Waals surface area contributed by atoms with Crippen molar-refractivity contribution in [3.8, 4) is 11.5 Å². The van der Waals surface area contributed by atoms with Crippen molar-refractivity contribution in [1.29, 1.82) is 0 Å². The predicted octanol–water partition coefficient (Wildman–Crippen LogP) is 4.55. The highest BCUT2D eigenvalue weighted by Crippen LogP contribution is 2.42. The molecule has 0 radical (unpaired) electrons. The number of nitrogens with one attached hydrogen (secondary N) is 1. The topological polar surface area (TPSA) is 89.2 Å². The molecule has 1 amide bonds. The second kappa shape index (κ2) is 9.29. The molecule has 7 heteroatoms. The molecule has 0 spiro atoms. The van der Waals surface area contributed by atoms with Crippen molar-refractivity contribution in [2.75, 3.05) is 6.61 Å². The van der Waals surface area contributed by atoms with Crippen molar-refractivity contribution in [3.63, 3.8) is 0 Å². The summed E-state index contributed by atoms with van der Waals surface area (Å²) < 4.78 is 12.0. The van der Waals surface area contributed by atoms with Gasteiger partial charge in [-0.3, -0.25) is 9.69 Å². The van der Waals surface area contributed by atoms with Gasteiger partial charge in [0.25, 0.3) is 0 Å². The number of nitrogens with zero attached hydrogens (tertiary/aromatic N) is 2. The summed E-state index contributed by atoms with van der Waals surface area (Å²) in [6.45, 7) is 11.2. The Kier molecular flexibility index (Phi) is 6.17. The summed E-state index contributed by atoms with van der Waals surface area (Å²) in [5.41, 5.74) is 10.2. The van der Waals surface area contributed by atoms with E-state index >= 15 is 0 Å². The van der Waals surface area contributed by atoms with E-state index in [0.717, 1.165) is 40.3 Å². The molecule has 0 aromatic heterocycles. The maximum absolute atomic E-state index is 13.1. The van der Waals surface area contributed by atoms with Crippen LogP contribution in [-0.2, 0) is 4.79 Å². The Balaban J connectivity index is 1.45. The fourth-order valence-electron chi connectivity index (χ4n) is 5.33. The van der Waals surface area contributed by atoms with Gasteiger partial charge in [0.15, 0.2) is 5.96 Å². The lowest BCUT2D eigenvalue weighted by Gasteiger charge is -2.40. The molecule has 5 rings (SSSR count). The number of guanidine groups is 1. The smallest absolute Gasteiger partial charge is 0.232 e.